The first-order chi connectivity index (χ1) is 15.3. The molecule has 1 aliphatic heterocycles. The largest absolute Gasteiger partial charge is 0.465 e. The van der Waals surface area contributed by atoms with Crippen molar-refractivity contribution in [3.63, 3.8) is 0 Å². The summed E-state index contributed by atoms with van der Waals surface area (Å²) in [5.74, 6) is -0.300. The van der Waals surface area contributed by atoms with Crippen LogP contribution in [0.15, 0.2) is 60.7 Å². The van der Waals surface area contributed by atoms with E-state index in [1.807, 2.05) is 6.92 Å². The molecule has 5 rings (SSSR count). The van der Waals surface area contributed by atoms with Crippen molar-refractivity contribution in [1.29, 1.82) is 0 Å². The van der Waals surface area contributed by atoms with Gasteiger partial charge in [-0.3, -0.25) is 15.0 Å². The third-order valence-electron chi connectivity index (χ3n) is 5.58. The zero-order valence-electron chi connectivity index (χ0n) is 16.8. The van der Waals surface area contributed by atoms with Gasteiger partial charge in [-0.05, 0) is 42.8 Å². The van der Waals surface area contributed by atoms with E-state index in [0.717, 1.165) is 5.56 Å². The molecule has 2 heterocycles. The number of aromatic nitrogens is 2. The summed E-state index contributed by atoms with van der Waals surface area (Å²) in [5.41, 5.74) is 1.64. The summed E-state index contributed by atoms with van der Waals surface area (Å²) in [6.45, 7) is 1.84. The van der Waals surface area contributed by atoms with Crippen LogP contribution in [-0.4, -0.2) is 32.2 Å². The predicted molar refractivity (Wildman–Crippen MR) is 120 cm³/mol. The van der Waals surface area contributed by atoms with E-state index in [-0.39, 0.29) is 11.9 Å². The average molecular weight is 449 g/mol. The van der Waals surface area contributed by atoms with Gasteiger partial charge in [-0.15, -0.1) is 0 Å². The Hall–Kier alpha value is -3.88. The number of fused-ring (bicyclic) bond motifs is 2. The van der Waals surface area contributed by atoms with Crippen LogP contribution in [0.3, 0.4) is 0 Å². The first-order valence-electron chi connectivity index (χ1n) is 9.72. The number of carbonyl (C=O) groups is 2. The number of aryl methyl sites for hydroxylation is 1. The predicted octanol–water partition coefficient (Wildman–Crippen LogP) is 4.47. The molecule has 8 nitrogen and oxygen atoms in total. The Bertz CT molecular complexity index is 1420. The van der Waals surface area contributed by atoms with Crippen LogP contribution in [0.4, 0.5) is 16.4 Å². The molecule has 0 bridgehead atoms. The number of nitrogens with one attached hydrogen (secondary N) is 2. The zero-order valence-corrected chi connectivity index (χ0v) is 17.5. The van der Waals surface area contributed by atoms with Gasteiger partial charge in [-0.1, -0.05) is 41.9 Å². The number of hydrogen-bond acceptors (Lipinski definition) is 4. The van der Waals surface area contributed by atoms with Gasteiger partial charge in [-0.25, -0.2) is 9.78 Å². The molecule has 4 aromatic rings. The number of nitrogens with zero attached hydrogens (tertiary/aromatic N) is 2. The van der Waals surface area contributed by atoms with E-state index in [1.54, 1.807) is 60.7 Å². The standard InChI is InChI=1S/C23H17ClN4O4/c1-12-6-8-14(24)11-19(12)28-20(29)15-4-2-3-5-16(15)23(28,32)13-7-9-17-18(10-13)26-21(25-17)27-22(30)31/h2-11,32H,1H3,(H,30,31)(H2,25,26,27). The van der Waals surface area contributed by atoms with Crippen LogP contribution < -0.4 is 10.2 Å². The lowest BCUT2D eigenvalue weighted by atomic mass is 9.93. The molecular weight excluding hydrogens is 432 g/mol. The maximum absolute atomic E-state index is 13.5. The molecule has 0 spiro atoms. The highest BCUT2D eigenvalue weighted by Gasteiger charge is 2.51. The van der Waals surface area contributed by atoms with Crippen LogP contribution in [0.25, 0.3) is 11.0 Å². The Morgan fingerprint density at radius 1 is 1.16 bits per heavy atom. The number of carboxylic acid groups (broad SMARTS) is 1. The minimum absolute atomic E-state index is 0.0575. The van der Waals surface area contributed by atoms with Gasteiger partial charge >= 0.3 is 6.09 Å². The quantitative estimate of drug-likeness (QED) is 0.369. The Morgan fingerprint density at radius 3 is 2.72 bits per heavy atom. The number of aliphatic hydroxyl groups is 1. The Labute approximate surface area is 187 Å². The van der Waals surface area contributed by atoms with Crippen molar-refractivity contribution in [3.05, 3.63) is 87.9 Å². The van der Waals surface area contributed by atoms with Gasteiger partial charge in [0.05, 0.1) is 16.7 Å². The summed E-state index contributed by atoms with van der Waals surface area (Å²) >= 11 is 6.23. The van der Waals surface area contributed by atoms with Gasteiger partial charge in [-0.2, -0.15) is 0 Å². The highest BCUT2D eigenvalue weighted by atomic mass is 35.5. The number of carbonyl (C=O) groups excluding carboxylic acids is 1. The van der Waals surface area contributed by atoms with Gasteiger partial charge in [0.1, 0.15) is 0 Å². The second-order valence-electron chi connectivity index (χ2n) is 7.54. The third kappa shape index (κ3) is 2.92. The minimum Gasteiger partial charge on any atom is -0.465 e. The van der Waals surface area contributed by atoms with E-state index < -0.39 is 11.8 Å². The number of rotatable bonds is 3. The molecule has 9 heteroatoms. The molecule has 0 fully saturated rings. The number of H-pyrrole nitrogens is 1. The van der Waals surface area contributed by atoms with Crippen molar-refractivity contribution in [1.82, 2.24) is 9.97 Å². The summed E-state index contributed by atoms with van der Waals surface area (Å²) < 4.78 is 0. The molecule has 160 valence electrons. The van der Waals surface area contributed by atoms with Crippen molar-refractivity contribution < 1.29 is 19.8 Å². The third-order valence-corrected chi connectivity index (χ3v) is 5.82. The molecule has 1 aromatic heterocycles. The maximum Gasteiger partial charge on any atom is 0.411 e. The summed E-state index contributed by atoms with van der Waals surface area (Å²) in [7, 11) is 0. The SMILES string of the molecule is Cc1ccc(Cl)cc1N1C(=O)c2ccccc2C1(O)c1ccc2[nH]c(NC(=O)O)nc2c1. The number of amides is 2. The molecule has 3 aromatic carbocycles. The van der Waals surface area contributed by atoms with Gasteiger partial charge < -0.3 is 15.2 Å². The summed E-state index contributed by atoms with van der Waals surface area (Å²) in [4.78, 5) is 32.8. The molecule has 1 unspecified atom stereocenters. The molecular formula is C23H17ClN4O4. The fraction of sp³-hybridized carbons (Fsp3) is 0.0870. The highest BCUT2D eigenvalue weighted by molar-refractivity contribution is 6.31. The van der Waals surface area contributed by atoms with E-state index in [0.29, 0.717) is 38.4 Å². The smallest absolute Gasteiger partial charge is 0.411 e. The molecule has 32 heavy (non-hydrogen) atoms. The van der Waals surface area contributed by atoms with E-state index in [9.17, 15) is 14.7 Å². The molecule has 0 saturated carbocycles. The van der Waals surface area contributed by atoms with Crippen molar-refractivity contribution in [3.8, 4) is 0 Å². The van der Waals surface area contributed by atoms with E-state index in [1.165, 1.54) is 4.90 Å². The van der Waals surface area contributed by atoms with Crippen LogP contribution in [-0.2, 0) is 5.72 Å². The summed E-state index contributed by atoms with van der Waals surface area (Å²) in [5, 5.41) is 23.7. The minimum atomic E-state index is -1.82. The lowest BCUT2D eigenvalue weighted by Gasteiger charge is -2.35. The van der Waals surface area contributed by atoms with Crippen LogP contribution in [0.5, 0.6) is 0 Å². The second kappa shape index (κ2) is 7.08. The van der Waals surface area contributed by atoms with Crippen LogP contribution >= 0.6 is 11.6 Å². The number of anilines is 2. The number of imidazole rings is 1. The topological polar surface area (TPSA) is 119 Å². The lowest BCUT2D eigenvalue weighted by molar-refractivity contribution is 0.0703. The average Bonchev–Trinajstić information content (AvgIpc) is 3.26. The van der Waals surface area contributed by atoms with Gasteiger partial charge in [0.2, 0.25) is 5.95 Å². The molecule has 2 amide bonds. The van der Waals surface area contributed by atoms with Gasteiger partial charge in [0.25, 0.3) is 5.91 Å². The molecule has 0 radical (unpaired) electrons. The Morgan fingerprint density at radius 2 is 1.94 bits per heavy atom. The van der Waals surface area contributed by atoms with E-state index >= 15 is 0 Å². The van der Waals surface area contributed by atoms with Crippen LogP contribution in [0, 0.1) is 6.92 Å². The van der Waals surface area contributed by atoms with Crippen molar-refractivity contribution in [2.75, 3.05) is 10.2 Å². The molecule has 1 atom stereocenters. The summed E-state index contributed by atoms with van der Waals surface area (Å²) in [6, 6.07) is 17.0. The van der Waals surface area contributed by atoms with Crippen molar-refractivity contribution >= 4 is 46.3 Å². The zero-order chi connectivity index (χ0) is 22.6. The Balaban J connectivity index is 1.74. The highest BCUT2D eigenvalue weighted by Crippen LogP contribution is 2.46. The molecule has 4 N–H and O–H groups in total. The number of hydrogen-bond donors (Lipinski definition) is 4. The fourth-order valence-electron chi connectivity index (χ4n) is 4.14. The first-order valence-corrected chi connectivity index (χ1v) is 10.1. The lowest BCUT2D eigenvalue weighted by Crippen LogP contribution is -2.45. The Kier molecular flexibility index (Phi) is 4.44. The second-order valence-corrected chi connectivity index (χ2v) is 7.97. The van der Waals surface area contributed by atoms with Crippen LogP contribution in [0.1, 0.15) is 27.0 Å². The maximum atomic E-state index is 13.5. The van der Waals surface area contributed by atoms with Crippen LogP contribution in [0.2, 0.25) is 5.02 Å². The van der Waals surface area contributed by atoms with Gasteiger partial charge in [0.15, 0.2) is 5.72 Å². The molecule has 1 aliphatic rings. The van der Waals surface area contributed by atoms with Crippen molar-refractivity contribution in [2.45, 2.75) is 12.6 Å². The van der Waals surface area contributed by atoms with Crippen molar-refractivity contribution in [2.24, 2.45) is 0 Å². The number of aromatic amines is 1. The monoisotopic (exact) mass is 448 g/mol. The van der Waals surface area contributed by atoms with E-state index in [4.69, 9.17) is 16.7 Å². The molecule has 0 aliphatic carbocycles. The molecule has 0 saturated heterocycles. The number of halogens is 1. The van der Waals surface area contributed by atoms with E-state index in [2.05, 4.69) is 15.3 Å². The number of benzene rings is 3. The van der Waals surface area contributed by atoms with Gasteiger partial charge in [0, 0.05) is 21.7 Å². The first kappa shape index (κ1) is 20.0. The normalized spacial score (nSPS) is 17.6. The fourth-order valence-corrected chi connectivity index (χ4v) is 4.30. The summed E-state index contributed by atoms with van der Waals surface area (Å²) in [6.07, 6.45) is -1.25.